The summed E-state index contributed by atoms with van der Waals surface area (Å²) in [5.41, 5.74) is 3.68. The van der Waals surface area contributed by atoms with Crippen molar-refractivity contribution >= 4 is 21.8 Å². The fourth-order valence-electron chi connectivity index (χ4n) is 1.63. The summed E-state index contributed by atoms with van der Waals surface area (Å²) >= 11 is 3.44. The van der Waals surface area contributed by atoms with E-state index in [4.69, 9.17) is 10.9 Å². The summed E-state index contributed by atoms with van der Waals surface area (Å²) in [6.45, 7) is 4.40. The quantitative estimate of drug-likeness (QED) is 0.413. The number of amides is 1. The van der Waals surface area contributed by atoms with Crippen LogP contribution in [0, 0.1) is 0 Å². The molecule has 6 heteroatoms. The summed E-state index contributed by atoms with van der Waals surface area (Å²) in [5.74, 6) is 4.77. The first kappa shape index (κ1) is 15.1. The topological polar surface area (TPSA) is 78.6 Å². The molecule has 0 aromatic heterocycles. The van der Waals surface area contributed by atoms with Crippen LogP contribution in [0.15, 0.2) is 22.7 Å². The summed E-state index contributed by atoms with van der Waals surface area (Å²) in [5, 5.41) is 8.94. The second kappa shape index (κ2) is 7.48. The number of nitrogens with zero attached hydrogens (tertiary/aromatic N) is 1. The van der Waals surface area contributed by atoms with Crippen molar-refractivity contribution in [2.45, 2.75) is 13.5 Å². The maximum absolute atomic E-state index is 11.4. The van der Waals surface area contributed by atoms with E-state index in [1.807, 2.05) is 13.0 Å². The normalized spacial score (nSPS) is 10.7. The number of hydrazine groups is 1. The zero-order chi connectivity index (χ0) is 13.5. The highest BCUT2D eigenvalue weighted by Crippen LogP contribution is 2.20. The van der Waals surface area contributed by atoms with E-state index in [9.17, 15) is 4.79 Å². The van der Waals surface area contributed by atoms with E-state index in [0.717, 1.165) is 23.1 Å². The molecule has 0 fully saturated rings. The van der Waals surface area contributed by atoms with Gasteiger partial charge in [-0.1, -0.05) is 28.9 Å². The van der Waals surface area contributed by atoms with Crippen molar-refractivity contribution in [2.75, 3.05) is 19.7 Å². The number of likely N-dealkylation sites (N-methyl/N-ethyl adjacent to an activating group) is 1. The van der Waals surface area contributed by atoms with Crippen LogP contribution in [0.2, 0.25) is 0 Å². The van der Waals surface area contributed by atoms with E-state index < -0.39 is 0 Å². The van der Waals surface area contributed by atoms with Crippen LogP contribution >= 0.6 is 15.9 Å². The molecule has 18 heavy (non-hydrogen) atoms. The number of nitrogens with two attached hydrogens (primary N) is 1. The molecule has 0 bridgehead atoms. The van der Waals surface area contributed by atoms with Crippen molar-refractivity contribution in [3.63, 3.8) is 0 Å². The van der Waals surface area contributed by atoms with Crippen LogP contribution in [0.3, 0.4) is 0 Å². The van der Waals surface area contributed by atoms with Crippen LogP contribution in [-0.4, -0.2) is 35.6 Å². The van der Waals surface area contributed by atoms with Crippen LogP contribution in [0.4, 0.5) is 0 Å². The first-order chi connectivity index (χ1) is 8.62. The van der Waals surface area contributed by atoms with Crippen molar-refractivity contribution in [3.8, 4) is 0 Å². The fraction of sp³-hybridized carbons (Fsp3) is 0.417. The third kappa shape index (κ3) is 4.06. The van der Waals surface area contributed by atoms with E-state index in [1.165, 1.54) is 0 Å². The number of halogens is 1. The number of carbonyl (C=O) groups is 1. The number of benzene rings is 1. The summed E-state index contributed by atoms with van der Waals surface area (Å²) in [6, 6.07) is 5.36. The molecule has 0 aliphatic rings. The average molecular weight is 316 g/mol. The van der Waals surface area contributed by atoms with E-state index in [1.54, 1.807) is 12.1 Å². The summed E-state index contributed by atoms with van der Waals surface area (Å²) in [7, 11) is 0. The van der Waals surface area contributed by atoms with Gasteiger partial charge in [-0.3, -0.25) is 15.1 Å². The number of nitrogen functional groups attached to an aromatic ring is 1. The monoisotopic (exact) mass is 315 g/mol. The van der Waals surface area contributed by atoms with Crippen LogP contribution < -0.4 is 11.3 Å². The lowest BCUT2D eigenvalue weighted by Gasteiger charge is -2.20. The van der Waals surface area contributed by atoms with Gasteiger partial charge in [0.15, 0.2) is 0 Å². The Morgan fingerprint density at radius 2 is 2.28 bits per heavy atom. The molecule has 100 valence electrons. The van der Waals surface area contributed by atoms with Gasteiger partial charge in [-0.05, 0) is 24.2 Å². The number of hydrogen-bond acceptors (Lipinski definition) is 4. The lowest BCUT2D eigenvalue weighted by Crippen LogP contribution is -2.30. The van der Waals surface area contributed by atoms with Gasteiger partial charge in [0, 0.05) is 23.1 Å². The van der Waals surface area contributed by atoms with Gasteiger partial charge >= 0.3 is 0 Å². The minimum Gasteiger partial charge on any atom is -0.395 e. The van der Waals surface area contributed by atoms with Crippen molar-refractivity contribution in [3.05, 3.63) is 33.8 Å². The van der Waals surface area contributed by atoms with Gasteiger partial charge in [0.05, 0.1) is 6.61 Å². The molecule has 5 nitrogen and oxygen atoms in total. The maximum Gasteiger partial charge on any atom is 0.265 e. The first-order valence-corrected chi connectivity index (χ1v) is 6.54. The highest BCUT2D eigenvalue weighted by molar-refractivity contribution is 9.10. The average Bonchev–Trinajstić information content (AvgIpc) is 2.39. The molecule has 0 unspecified atom stereocenters. The Bertz CT molecular complexity index is 412. The SMILES string of the molecule is CCN(CCO)Cc1ccc(C(=O)NN)cc1Br. The third-order valence-electron chi connectivity index (χ3n) is 2.70. The molecule has 1 aromatic rings. The molecule has 0 atom stereocenters. The number of rotatable bonds is 6. The predicted molar refractivity (Wildman–Crippen MR) is 73.8 cm³/mol. The number of nitrogens with one attached hydrogen (secondary N) is 1. The Labute approximate surface area is 115 Å². The second-order valence-electron chi connectivity index (χ2n) is 3.87. The minimum atomic E-state index is -0.315. The van der Waals surface area contributed by atoms with Gasteiger partial charge in [-0.25, -0.2) is 5.84 Å². The zero-order valence-corrected chi connectivity index (χ0v) is 11.9. The van der Waals surface area contributed by atoms with Gasteiger partial charge < -0.3 is 5.11 Å². The van der Waals surface area contributed by atoms with Crippen LogP contribution in [0.5, 0.6) is 0 Å². The lowest BCUT2D eigenvalue weighted by molar-refractivity contribution is 0.0953. The minimum absolute atomic E-state index is 0.138. The number of hydrogen-bond donors (Lipinski definition) is 3. The molecule has 0 aliphatic heterocycles. The largest absolute Gasteiger partial charge is 0.395 e. The van der Waals surface area contributed by atoms with Crippen LogP contribution in [0.1, 0.15) is 22.8 Å². The van der Waals surface area contributed by atoms with E-state index in [2.05, 4.69) is 26.3 Å². The first-order valence-electron chi connectivity index (χ1n) is 5.75. The molecule has 0 heterocycles. The van der Waals surface area contributed by atoms with Crippen molar-refractivity contribution in [1.82, 2.24) is 10.3 Å². The van der Waals surface area contributed by atoms with Gasteiger partial charge in [-0.15, -0.1) is 0 Å². The van der Waals surface area contributed by atoms with Gasteiger partial charge in [0.1, 0.15) is 0 Å². The summed E-state index contributed by atoms with van der Waals surface area (Å²) < 4.78 is 0.861. The lowest BCUT2D eigenvalue weighted by atomic mass is 10.1. The van der Waals surface area contributed by atoms with Gasteiger partial charge in [0.2, 0.25) is 0 Å². The molecule has 1 amide bonds. The molecular formula is C12H18BrN3O2. The number of aliphatic hydroxyl groups excluding tert-OH is 1. The standard InChI is InChI=1S/C12H18BrN3O2/c1-2-16(5-6-17)8-10-4-3-9(7-11(10)13)12(18)15-14/h3-4,7,17H,2,5-6,8,14H2,1H3,(H,15,18). The second-order valence-corrected chi connectivity index (χ2v) is 4.73. The highest BCUT2D eigenvalue weighted by Gasteiger charge is 2.09. The maximum atomic E-state index is 11.4. The van der Waals surface area contributed by atoms with Crippen molar-refractivity contribution < 1.29 is 9.90 Å². The Morgan fingerprint density at radius 1 is 1.56 bits per heavy atom. The van der Waals surface area contributed by atoms with E-state index in [0.29, 0.717) is 12.1 Å². The molecule has 4 N–H and O–H groups in total. The Hall–Kier alpha value is -0.950. The molecule has 0 spiro atoms. The molecule has 0 radical (unpaired) electrons. The molecule has 0 aliphatic carbocycles. The Kier molecular flexibility index (Phi) is 6.28. The molecule has 1 rings (SSSR count). The smallest absolute Gasteiger partial charge is 0.265 e. The summed E-state index contributed by atoms with van der Waals surface area (Å²) in [6.07, 6.45) is 0. The van der Waals surface area contributed by atoms with Gasteiger partial charge in [-0.2, -0.15) is 0 Å². The van der Waals surface area contributed by atoms with Gasteiger partial charge in [0.25, 0.3) is 5.91 Å². The van der Waals surface area contributed by atoms with Crippen molar-refractivity contribution in [1.29, 1.82) is 0 Å². The number of aliphatic hydroxyl groups is 1. The Morgan fingerprint density at radius 3 is 2.78 bits per heavy atom. The molecule has 1 aromatic carbocycles. The predicted octanol–water partition coefficient (Wildman–Crippen LogP) is 0.867. The van der Waals surface area contributed by atoms with E-state index in [-0.39, 0.29) is 12.5 Å². The third-order valence-corrected chi connectivity index (χ3v) is 3.44. The Balaban J connectivity index is 2.82. The molecule has 0 saturated carbocycles. The molecular weight excluding hydrogens is 298 g/mol. The fourth-order valence-corrected chi connectivity index (χ4v) is 2.14. The highest BCUT2D eigenvalue weighted by atomic mass is 79.9. The zero-order valence-electron chi connectivity index (χ0n) is 10.3. The van der Waals surface area contributed by atoms with Crippen molar-refractivity contribution in [2.24, 2.45) is 5.84 Å². The van der Waals surface area contributed by atoms with E-state index >= 15 is 0 Å². The van der Waals surface area contributed by atoms with Crippen LogP contribution in [0.25, 0.3) is 0 Å². The number of carbonyl (C=O) groups excluding carboxylic acids is 1. The summed E-state index contributed by atoms with van der Waals surface area (Å²) in [4.78, 5) is 13.5. The molecule has 0 saturated heterocycles. The van der Waals surface area contributed by atoms with Crippen LogP contribution in [-0.2, 0) is 6.54 Å².